The molecule has 0 aliphatic carbocycles. The summed E-state index contributed by atoms with van der Waals surface area (Å²) in [5.41, 5.74) is 1.85. The summed E-state index contributed by atoms with van der Waals surface area (Å²) < 4.78 is 13.4. The molecular weight excluding hydrogens is 345 g/mol. The zero-order valence-corrected chi connectivity index (χ0v) is 15.6. The molecule has 5 nitrogen and oxygen atoms in total. The molecule has 1 saturated heterocycles. The third kappa shape index (κ3) is 4.45. The number of amides is 2. The molecule has 1 N–H and O–H groups in total. The monoisotopic (exact) mass is 369 g/mol. The maximum atomic E-state index is 13.4. The summed E-state index contributed by atoms with van der Waals surface area (Å²) in [6, 6.07) is 13.2. The first-order valence-corrected chi connectivity index (χ1v) is 9.15. The van der Waals surface area contributed by atoms with E-state index in [9.17, 15) is 14.0 Å². The van der Waals surface area contributed by atoms with Crippen LogP contribution in [0.4, 0.5) is 15.8 Å². The average Bonchev–Trinajstić information content (AvgIpc) is 2.68. The van der Waals surface area contributed by atoms with Crippen LogP contribution in [-0.2, 0) is 4.79 Å². The maximum absolute atomic E-state index is 13.4. The number of carbonyl (C=O) groups is 2. The van der Waals surface area contributed by atoms with Gasteiger partial charge in [-0.25, -0.2) is 4.39 Å². The average molecular weight is 369 g/mol. The maximum Gasteiger partial charge on any atom is 0.255 e. The van der Waals surface area contributed by atoms with Crippen molar-refractivity contribution in [3.63, 3.8) is 0 Å². The van der Waals surface area contributed by atoms with E-state index in [2.05, 4.69) is 10.2 Å². The molecule has 0 spiro atoms. The molecule has 1 fully saturated rings. The zero-order valence-electron chi connectivity index (χ0n) is 15.6. The molecule has 1 aliphatic rings. The zero-order chi connectivity index (χ0) is 19.4. The topological polar surface area (TPSA) is 52.7 Å². The van der Waals surface area contributed by atoms with Crippen LogP contribution < -0.4 is 10.2 Å². The largest absolute Gasteiger partial charge is 0.366 e. The lowest BCUT2D eigenvalue weighted by Gasteiger charge is -2.37. The Kier molecular flexibility index (Phi) is 5.74. The number of anilines is 2. The molecular formula is C21H24FN3O2. The van der Waals surface area contributed by atoms with Crippen molar-refractivity contribution in [3.05, 3.63) is 59.9 Å². The van der Waals surface area contributed by atoms with Crippen molar-refractivity contribution < 1.29 is 14.0 Å². The van der Waals surface area contributed by atoms with E-state index in [1.165, 1.54) is 18.2 Å². The van der Waals surface area contributed by atoms with Crippen LogP contribution in [0.15, 0.2) is 48.5 Å². The molecule has 0 atom stereocenters. The molecule has 27 heavy (non-hydrogen) atoms. The van der Waals surface area contributed by atoms with Gasteiger partial charge in [0.1, 0.15) is 5.82 Å². The van der Waals surface area contributed by atoms with E-state index in [-0.39, 0.29) is 23.3 Å². The first-order chi connectivity index (χ1) is 13.0. The molecule has 0 unspecified atom stereocenters. The van der Waals surface area contributed by atoms with Crippen molar-refractivity contribution in [2.45, 2.75) is 13.8 Å². The summed E-state index contributed by atoms with van der Waals surface area (Å²) in [4.78, 5) is 28.7. The summed E-state index contributed by atoms with van der Waals surface area (Å²) in [6.07, 6.45) is 0. The number of hydrogen-bond donors (Lipinski definition) is 1. The molecule has 0 radical (unpaired) electrons. The first-order valence-electron chi connectivity index (χ1n) is 9.15. The third-order valence-corrected chi connectivity index (χ3v) is 4.66. The molecule has 0 bridgehead atoms. The number of nitrogens with one attached hydrogen (secondary N) is 1. The summed E-state index contributed by atoms with van der Waals surface area (Å²) in [5, 5.41) is 2.88. The number of para-hydroxylation sites is 2. The van der Waals surface area contributed by atoms with Crippen LogP contribution in [0.1, 0.15) is 24.2 Å². The van der Waals surface area contributed by atoms with Gasteiger partial charge in [0.25, 0.3) is 5.91 Å². The van der Waals surface area contributed by atoms with Crippen LogP contribution in [0, 0.1) is 11.7 Å². The Morgan fingerprint density at radius 2 is 1.70 bits per heavy atom. The fourth-order valence-electron chi connectivity index (χ4n) is 3.21. The van der Waals surface area contributed by atoms with E-state index < -0.39 is 5.82 Å². The molecule has 6 heteroatoms. The second-order valence-electron chi connectivity index (χ2n) is 6.95. The Morgan fingerprint density at radius 3 is 2.37 bits per heavy atom. The quantitative estimate of drug-likeness (QED) is 0.899. The summed E-state index contributed by atoms with van der Waals surface area (Å²) >= 11 is 0. The second-order valence-corrected chi connectivity index (χ2v) is 6.95. The number of halogens is 1. The molecule has 1 aliphatic heterocycles. The van der Waals surface area contributed by atoms with Crippen LogP contribution in [-0.4, -0.2) is 42.9 Å². The lowest BCUT2D eigenvalue weighted by molar-refractivity contribution is -0.134. The van der Waals surface area contributed by atoms with E-state index >= 15 is 0 Å². The Balaban J connectivity index is 1.71. The van der Waals surface area contributed by atoms with Gasteiger partial charge in [-0.2, -0.15) is 0 Å². The van der Waals surface area contributed by atoms with Crippen LogP contribution >= 0.6 is 0 Å². The number of rotatable bonds is 4. The highest BCUT2D eigenvalue weighted by molar-refractivity contribution is 6.06. The number of benzene rings is 2. The van der Waals surface area contributed by atoms with E-state index in [0.717, 1.165) is 5.69 Å². The van der Waals surface area contributed by atoms with Gasteiger partial charge in [0.05, 0.1) is 11.4 Å². The fourth-order valence-corrected chi connectivity index (χ4v) is 3.21. The molecule has 0 saturated carbocycles. The van der Waals surface area contributed by atoms with Gasteiger partial charge in [-0.05, 0) is 30.3 Å². The molecule has 2 aromatic carbocycles. The molecule has 1 heterocycles. The summed E-state index contributed by atoms with van der Waals surface area (Å²) in [5.74, 6) is -0.630. The number of nitrogens with zero attached hydrogens (tertiary/aromatic N) is 2. The van der Waals surface area contributed by atoms with Gasteiger partial charge in [-0.15, -0.1) is 0 Å². The van der Waals surface area contributed by atoms with Crippen molar-refractivity contribution in [1.29, 1.82) is 0 Å². The number of hydrogen-bond acceptors (Lipinski definition) is 3. The molecule has 142 valence electrons. The predicted molar refractivity (Wildman–Crippen MR) is 104 cm³/mol. The van der Waals surface area contributed by atoms with E-state index in [0.29, 0.717) is 31.9 Å². The van der Waals surface area contributed by atoms with Gasteiger partial charge in [0.2, 0.25) is 5.91 Å². The SMILES string of the molecule is CC(C)C(=O)N1CCN(c2ccccc2NC(=O)c2cccc(F)c2)CC1. The van der Waals surface area contributed by atoms with Gasteiger partial charge in [0.15, 0.2) is 0 Å². The second kappa shape index (κ2) is 8.20. The third-order valence-electron chi connectivity index (χ3n) is 4.66. The molecule has 2 amide bonds. The number of carbonyl (C=O) groups excluding carboxylic acids is 2. The number of piperazine rings is 1. The van der Waals surface area contributed by atoms with Crippen LogP contribution in [0.5, 0.6) is 0 Å². The highest BCUT2D eigenvalue weighted by atomic mass is 19.1. The van der Waals surface area contributed by atoms with E-state index in [1.807, 2.05) is 43.0 Å². The Morgan fingerprint density at radius 1 is 1.00 bits per heavy atom. The van der Waals surface area contributed by atoms with Crippen molar-refractivity contribution in [3.8, 4) is 0 Å². The van der Waals surface area contributed by atoms with Gasteiger partial charge in [-0.1, -0.05) is 32.0 Å². The van der Waals surface area contributed by atoms with Crippen molar-refractivity contribution in [1.82, 2.24) is 4.90 Å². The Bertz CT molecular complexity index is 830. The minimum atomic E-state index is -0.443. The van der Waals surface area contributed by atoms with Crippen LogP contribution in [0.2, 0.25) is 0 Å². The lowest BCUT2D eigenvalue weighted by Crippen LogP contribution is -2.50. The van der Waals surface area contributed by atoms with Crippen molar-refractivity contribution in [2.24, 2.45) is 5.92 Å². The standard InChI is InChI=1S/C21H24FN3O2/c1-15(2)21(27)25-12-10-24(11-13-25)19-9-4-3-8-18(19)23-20(26)16-6-5-7-17(22)14-16/h3-9,14-15H,10-13H2,1-2H3,(H,23,26). The van der Waals surface area contributed by atoms with Gasteiger partial charge in [-0.3, -0.25) is 9.59 Å². The lowest BCUT2D eigenvalue weighted by atomic mass is 10.1. The van der Waals surface area contributed by atoms with Crippen molar-refractivity contribution in [2.75, 3.05) is 36.4 Å². The minimum absolute atomic E-state index is 0.00519. The Hall–Kier alpha value is -2.89. The van der Waals surface area contributed by atoms with Gasteiger partial charge < -0.3 is 15.1 Å². The van der Waals surface area contributed by atoms with Gasteiger partial charge in [0, 0.05) is 37.7 Å². The van der Waals surface area contributed by atoms with Crippen molar-refractivity contribution >= 4 is 23.2 Å². The Labute approximate surface area is 158 Å². The molecule has 0 aromatic heterocycles. The van der Waals surface area contributed by atoms with E-state index in [4.69, 9.17) is 0 Å². The summed E-state index contributed by atoms with van der Waals surface area (Å²) in [7, 11) is 0. The smallest absolute Gasteiger partial charge is 0.255 e. The highest BCUT2D eigenvalue weighted by Crippen LogP contribution is 2.27. The van der Waals surface area contributed by atoms with Crippen LogP contribution in [0.3, 0.4) is 0 Å². The normalized spacial score (nSPS) is 14.4. The highest BCUT2D eigenvalue weighted by Gasteiger charge is 2.24. The minimum Gasteiger partial charge on any atom is -0.366 e. The molecule has 3 rings (SSSR count). The van der Waals surface area contributed by atoms with E-state index in [1.54, 1.807) is 6.07 Å². The molecule has 2 aromatic rings. The van der Waals surface area contributed by atoms with Crippen LogP contribution in [0.25, 0.3) is 0 Å². The fraction of sp³-hybridized carbons (Fsp3) is 0.333. The summed E-state index contributed by atoms with van der Waals surface area (Å²) in [6.45, 7) is 6.53. The predicted octanol–water partition coefficient (Wildman–Crippen LogP) is 3.38. The van der Waals surface area contributed by atoms with Gasteiger partial charge >= 0.3 is 0 Å². The first kappa shape index (κ1) is 18.9.